The second-order valence-corrected chi connectivity index (χ2v) is 2.57. The maximum atomic E-state index is 5.67. The smallest absolute Gasteiger partial charge is 0.221 e. The van der Waals surface area contributed by atoms with Crippen LogP contribution in [0.4, 0.5) is 5.82 Å². The van der Waals surface area contributed by atoms with Gasteiger partial charge in [0.05, 0.1) is 12.0 Å². The molecule has 0 amide bonds. The molecule has 2 rings (SSSR count). The van der Waals surface area contributed by atoms with Crippen molar-refractivity contribution >= 4 is 5.82 Å². The van der Waals surface area contributed by atoms with Crippen molar-refractivity contribution in [3.05, 3.63) is 30.2 Å². The summed E-state index contributed by atoms with van der Waals surface area (Å²) in [6.45, 7) is 1.88. The van der Waals surface area contributed by atoms with Gasteiger partial charge in [-0.05, 0) is 13.0 Å². The van der Waals surface area contributed by atoms with Crippen LogP contribution in [0.1, 0.15) is 5.69 Å². The maximum absolute atomic E-state index is 5.67. The van der Waals surface area contributed by atoms with Gasteiger partial charge in [-0.25, -0.2) is 0 Å². The first-order valence-corrected chi connectivity index (χ1v) is 3.63. The summed E-state index contributed by atoms with van der Waals surface area (Å²) < 4.78 is 6.70. The number of nitrogens with two attached hydrogens (primary N) is 1. The van der Waals surface area contributed by atoms with Crippen LogP contribution in [0, 0.1) is 6.92 Å². The minimum atomic E-state index is 0.586. The summed E-state index contributed by atoms with van der Waals surface area (Å²) in [7, 11) is 0. The largest absolute Gasteiger partial charge is 0.447 e. The molecule has 4 heteroatoms. The van der Waals surface area contributed by atoms with Gasteiger partial charge in [0.2, 0.25) is 5.88 Å². The quantitative estimate of drug-likeness (QED) is 0.690. The van der Waals surface area contributed by atoms with Crippen LogP contribution in [-0.2, 0) is 0 Å². The number of furan rings is 1. The summed E-state index contributed by atoms with van der Waals surface area (Å²) in [5.74, 6) is 1.23. The lowest BCUT2D eigenvalue weighted by Crippen LogP contribution is -1.99. The lowest BCUT2D eigenvalue weighted by atomic mass is 10.5. The number of aromatic nitrogens is 2. The highest BCUT2D eigenvalue weighted by Crippen LogP contribution is 2.13. The molecule has 12 heavy (non-hydrogen) atoms. The molecule has 4 nitrogen and oxygen atoms in total. The fourth-order valence-corrected chi connectivity index (χ4v) is 1.09. The zero-order valence-electron chi connectivity index (χ0n) is 6.69. The van der Waals surface area contributed by atoms with E-state index in [-0.39, 0.29) is 0 Å². The van der Waals surface area contributed by atoms with Crippen LogP contribution in [0.5, 0.6) is 0 Å². The van der Waals surface area contributed by atoms with Gasteiger partial charge in [0.15, 0.2) is 0 Å². The van der Waals surface area contributed by atoms with E-state index in [0.29, 0.717) is 11.7 Å². The van der Waals surface area contributed by atoms with Crippen molar-refractivity contribution in [1.82, 2.24) is 9.78 Å². The summed E-state index contributed by atoms with van der Waals surface area (Å²) in [6.07, 6.45) is 1.59. The van der Waals surface area contributed by atoms with E-state index in [4.69, 9.17) is 10.2 Å². The molecule has 62 valence electrons. The molecule has 0 bridgehead atoms. The minimum Gasteiger partial charge on any atom is -0.447 e. The Morgan fingerprint density at radius 1 is 1.58 bits per heavy atom. The fraction of sp³-hybridized carbons (Fsp3) is 0.125. The number of rotatable bonds is 1. The highest BCUT2D eigenvalue weighted by Gasteiger charge is 2.04. The van der Waals surface area contributed by atoms with Gasteiger partial charge in [-0.15, -0.1) is 0 Å². The molecule has 2 aromatic heterocycles. The molecule has 0 atom stereocenters. The highest BCUT2D eigenvalue weighted by atomic mass is 16.3. The van der Waals surface area contributed by atoms with Crippen molar-refractivity contribution in [2.24, 2.45) is 0 Å². The molecule has 2 heterocycles. The summed E-state index contributed by atoms with van der Waals surface area (Å²) in [6, 6.07) is 5.40. The van der Waals surface area contributed by atoms with Crippen molar-refractivity contribution in [3.63, 3.8) is 0 Å². The van der Waals surface area contributed by atoms with Crippen LogP contribution >= 0.6 is 0 Å². The highest BCUT2D eigenvalue weighted by molar-refractivity contribution is 5.37. The Bertz CT molecular complexity index is 375. The first kappa shape index (κ1) is 6.97. The molecular weight excluding hydrogens is 154 g/mol. The maximum Gasteiger partial charge on any atom is 0.221 e. The third kappa shape index (κ3) is 0.972. The molecule has 0 fully saturated rings. The lowest BCUT2D eigenvalue weighted by molar-refractivity contribution is 0.524. The van der Waals surface area contributed by atoms with Gasteiger partial charge in [0, 0.05) is 12.1 Å². The number of hydrogen-bond donors (Lipinski definition) is 1. The molecule has 0 saturated heterocycles. The van der Waals surface area contributed by atoms with Gasteiger partial charge in [-0.1, -0.05) is 0 Å². The van der Waals surface area contributed by atoms with Gasteiger partial charge in [0.25, 0.3) is 0 Å². The van der Waals surface area contributed by atoms with Gasteiger partial charge in [-0.2, -0.15) is 9.78 Å². The molecule has 0 unspecified atom stereocenters. The van der Waals surface area contributed by atoms with Crippen LogP contribution in [0.2, 0.25) is 0 Å². The van der Waals surface area contributed by atoms with Crippen molar-refractivity contribution in [2.45, 2.75) is 6.92 Å². The van der Waals surface area contributed by atoms with Crippen molar-refractivity contribution in [2.75, 3.05) is 5.73 Å². The predicted molar refractivity (Wildman–Crippen MR) is 45.0 cm³/mol. The molecular formula is C8H9N3O. The Kier molecular flexibility index (Phi) is 1.40. The second-order valence-electron chi connectivity index (χ2n) is 2.57. The molecule has 0 aliphatic rings. The summed E-state index contributed by atoms with van der Waals surface area (Å²) >= 11 is 0. The van der Waals surface area contributed by atoms with Crippen LogP contribution in [0.3, 0.4) is 0 Å². The standard InChI is InChI=1S/C8H9N3O/c1-6-5-7(9)11(10-6)8-3-2-4-12-8/h2-5H,9H2,1H3. The number of hydrogen-bond acceptors (Lipinski definition) is 3. The predicted octanol–water partition coefficient (Wildman–Crippen LogP) is 1.36. The van der Waals surface area contributed by atoms with E-state index in [0.717, 1.165) is 5.69 Å². The van der Waals surface area contributed by atoms with E-state index in [9.17, 15) is 0 Å². The van der Waals surface area contributed by atoms with E-state index in [1.54, 1.807) is 23.1 Å². The zero-order chi connectivity index (χ0) is 8.55. The summed E-state index contributed by atoms with van der Waals surface area (Å²) in [4.78, 5) is 0. The molecule has 0 radical (unpaired) electrons. The Morgan fingerprint density at radius 3 is 2.92 bits per heavy atom. The average molecular weight is 163 g/mol. The van der Waals surface area contributed by atoms with Gasteiger partial charge in [-0.3, -0.25) is 0 Å². The molecule has 0 saturated carbocycles. The Balaban J connectivity index is 2.54. The molecule has 0 aliphatic heterocycles. The average Bonchev–Trinajstić information content (AvgIpc) is 2.58. The van der Waals surface area contributed by atoms with Crippen LogP contribution in [-0.4, -0.2) is 9.78 Å². The molecule has 0 aliphatic carbocycles. The Labute approximate surface area is 69.6 Å². The number of nitrogen functional groups attached to an aromatic ring is 1. The van der Waals surface area contributed by atoms with E-state index in [1.165, 1.54) is 0 Å². The summed E-state index contributed by atoms with van der Waals surface area (Å²) in [5.41, 5.74) is 6.55. The summed E-state index contributed by atoms with van der Waals surface area (Å²) in [5, 5.41) is 4.15. The normalized spacial score (nSPS) is 10.4. The number of nitrogens with zero attached hydrogens (tertiary/aromatic N) is 2. The first-order valence-electron chi connectivity index (χ1n) is 3.63. The third-order valence-corrected chi connectivity index (χ3v) is 1.57. The second kappa shape index (κ2) is 2.41. The SMILES string of the molecule is Cc1cc(N)n(-c2ccco2)n1. The number of anilines is 1. The van der Waals surface area contributed by atoms with E-state index in [2.05, 4.69) is 5.10 Å². The van der Waals surface area contributed by atoms with Crippen molar-refractivity contribution < 1.29 is 4.42 Å². The van der Waals surface area contributed by atoms with Crippen molar-refractivity contribution in [1.29, 1.82) is 0 Å². The Morgan fingerprint density at radius 2 is 2.42 bits per heavy atom. The van der Waals surface area contributed by atoms with E-state index in [1.807, 2.05) is 13.0 Å². The molecule has 0 spiro atoms. The molecule has 2 aromatic rings. The third-order valence-electron chi connectivity index (χ3n) is 1.57. The number of aryl methyl sites for hydroxylation is 1. The van der Waals surface area contributed by atoms with Crippen LogP contribution < -0.4 is 5.73 Å². The lowest BCUT2D eigenvalue weighted by Gasteiger charge is -1.96. The molecule has 0 aromatic carbocycles. The van der Waals surface area contributed by atoms with E-state index < -0.39 is 0 Å². The van der Waals surface area contributed by atoms with Crippen molar-refractivity contribution in [3.8, 4) is 5.88 Å². The minimum absolute atomic E-state index is 0.586. The monoisotopic (exact) mass is 163 g/mol. The molecule has 2 N–H and O–H groups in total. The first-order chi connectivity index (χ1) is 5.77. The fourth-order valence-electron chi connectivity index (χ4n) is 1.09. The zero-order valence-corrected chi connectivity index (χ0v) is 6.69. The van der Waals surface area contributed by atoms with Gasteiger partial charge >= 0.3 is 0 Å². The van der Waals surface area contributed by atoms with Gasteiger partial charge in [0.1, 0.15) is 5.82 Å². The van der Waals surface area contributed by atoms with Crippen LogP contribution in [0.25, 0.3) is 5.88 Å². The Hall–Kier alpha value is -1.71. The van der Waals surface area contributed by atoms with Crippen LogP contribution in [0.15, 0.2) is 28.9 Å². The van der Waals surface area contributed by atoms with Gasteiger partial charge < -0.3 is 10.2 Å². The van der Waals surface area contributed by atoms with E-state index >= 15 is 0 Å². The topological polar surface area (TPSA) is 57.0 Å².